The van der Waals surface area contributed by atoms with Crippen LogP contribution in [0.5, 0.6) is 0 Å². The number of carboxylic acid groups (broad SMARTS) is 1. The molecule has 6 heteroatoms. The van der Waals surface area contributed by atoms with Gasteiger partial charge in [-0.25, -0.2) is 0 Å². The number of hydrogen-bond donors (Lipinski definition) is 4. The zero-order valence-corrected chi connectivity index (χ0v) is 21.3. The van der Waals surface area contributed by atoms with Crippen LogP contribution in [0.15, 0.2) is 0 Å². The average Bonchev–Trinajstić information content (AvgIpc) is 2.76. The van der Waals surface area contributed by atoms with Gasteiger partial charge in [0.15, 0.2) is 5.96 Å². The molecule has 0 aromatic carbocycles. The van der Waals surface area contributed by atoms with Gasteiger partial charge in [0.05, 0.1) is 0 Å². The van der Waals surface area contributed by atoms with Gasteiger partial charge in [-0.3, -0.25) is 15.1 Å². The van der Waals surface area contributed by atoms with Crippen molar-refractivity contribution in [1.82, 2.24) is 10.2 Å². The van der Waals surface area contributed by atoms with Crippen LogP contribution >= 0.6 is 0 Å². The highest BCUT2D eigenvalue weighted by Gasteiger charge is 2.24. The Kier molecular flexibility index (Phi) is 21.9. The number of carboxylic acids is 1. The maximum Gasteiger partial charge on any atom is 0.320 e. The van der Waals surface area contributed by atoms with Crippen LogP contribution in [-0.2, 0) is 4.79 Å². The van der Waals surface area contributed by atoms with E-state index in [2.05, 4.69) is 24.1 Å². The predicted molar refractivity (Wildman–Crippen MR) is 137 cm³/mol. The number of unbranched alkanes of at least 4 members (excludes halogenated alkanes) is 14. The Balaban J connectivity index is 4.34. The van der Waals surface area contributed by atoms with E-state index in [4.69, 9.17) is 11.1 Å². The van der Waals surface area contributed by atoms with Crippen molar-refractivity contribution in [3.05, 3.63) is 0 Å². The van der Waals surface area contributed by atoms with Gasteiger partial charge in [-0.05, 0) is 38.8 Å². The van der Waals surface area contributed by atoms with E-state index >= 15 is 0 Å². The lowest BCUT2D eigenvalue weighted by Crippen LogP contribution is -2.43. The van der Waals surface area contributed by atoms with Crippen molar-refractivity contribution in [1.29, 1.82) is 5.41 Å². The van der Waals surface area contributed by atoms with Gasteiger partial charge < -0.3 is 16.2 Å². The van der Waals surface area contributed by atoms with Crippen molar-refractivity contribution in [3.8, 4) is 0 Å². The first-order valence-electron chi connectivity index (χ1n) is 13.6. The summed E-state index contributed by atoms with van der Waals surface area (Å²) >= 11 is 0. The van der Waals surface area contributed by atoms with Crippen LogP contribution in [0, 0.1) is 5.41 Å². The summed E-state index contributed by atoms with van der Waals surface area (Å²) in [6.07, 6.45) is 21.6. The van der Waals surface area contributed by atoms with Crippen molar-refractivity contribution in [3.63, 3.8) is 0 Å². The van der Waals surface area contributed by atoms with Crippen molar-refractivity contribution in [2.45, 2.75) is 135 Å². The number of nitrogens with two attached hydrogens (primary N) is 1. The Labute approximate surface area is 198 Å². The molecule has 6 nitrogen and oxygen atoms in total. The quantitative estimate of drug-likeness (QED) is 0.0780. The van der Waals surface area contributed by atoms with Gasteiger partial charge in [0.2, 0.25) is 0 Å². The Morgan fingerprint density at radius 2 is 1.19 bits per heavy atom. The van der Waals surface area contributed by atoms with Crippen molar-refractivity contribution in [2.24, 2.45) is 5.73 Å². The van der Waals surface area contributed by atoms with E-state index in [1.807, 2.05) is 0 Å². The first kappa shape index (κ1) is 30.7. The Morgan fingerprint density at radius 3 is 1.56 bits per heavy atom. The molecule has 1 atom stereocenters. The largest absolute Gasteiger partial charge is 0.480 e. The molecular weight excluding hydrogens is 400 g/mol. The molecule has 0 aliphatic carbocycles. The topological polar surface area (TPSA) is 102 Å². The fraction of sp³-hybridized carbons (Fsp3) is 0.923. The minimum Gasteiger partial charge on any atom is -0.480 e. The highest BCUT2D eigenvalue weighted by Crippen LogP contribution is 2.15. The van der Waals surface area contributed by atoms with Crippen LogP contribution in [0.2, 0.25) is 0 Å². The van der Waals surface area contributed by atoms with Crippen molar-refractivity contribution in [2.75, 3.05) is 19.6 Å². The lowest BCUT2D eigenvalue weighted by Gasteiger charge is -2.29. The maximum atomic E-state index is 12.0. The monoisotopic (exact) mass is 454 g/mol. The molecule has 0 saturated heterocycles. The molecule has 0 aromatic heterocycles. The maximum absolute atomic E-state index is 12.0. The van der Waals surface area contributed by atoms with Crippen LogP contribution in [0.25, 0.3) is 0 Å². The van der Waals surface area contributed by atoms with Crippen molar-refractivity contribution >= 4 is 11.9 Å². The van der Waals surface area contributed by atoms with Gasteiger partial charge in [-0.15, -0.1) is 0 Å². The summed E-state index contributed by atoms with van der Waals surface area (Å²) in [6, 6.07) is -0.432. The van der Waals surface area contributed by atoms with Crippen LogP contribution in [0.3, 0.4) is 0 Å². The lowest BCUT2D eigenvalue weighted by atomic mass is 10.0. The van der Waals surface area contributed by atoms with E-state index in [0.29, 0.717) is 19.4 Å². The molecule has 0 rings (SSSR count). The molecule has 0 radical (unpaired) electrons. The van der Waals surface area contributed by atoms with Crippen LogP contribution in [0.4, 0.5) is 0 Å². The fourth-order valence-corrected chi connectivity index (χ4v) is 4.30. The Morgan fingerprint density at radius 1 is 0.781 bits per heavy atom. The summed E-state index contributed by atoms with van der Waals surface area (Å²) in [4.78, 5) is 14.2. The molecule has 0 aliphatic heterocycles. The van der Waals surface area contributed by atoms with Crippen molar-refractivity contribution < 1.29 is 9.90 Å². The zero-order valence-electron chi connectivity index (χ0n) is 21.3. The van der Waals surface area contributed by atoms with Crippen LogP contribution in [0.1, 0.15) is 129 Å². The number of rotatable bonds is 24. The number of nitrogens with zero attached hydrogens (tertiary/aromatic N) is 1. The van der Waals surface area contributed by atoms with E-state index in [1.165, 1.54) is 89.9 Å². The fourth-order valence-electron chi connectivity index (χ4n) is 4.30. The summed E-state index contributed by atoms with van der Waals surface area (Å²) in [5.41, 5.74) is 5.34. The van der Waals surface area contributed by atoms with Gasteiger partial charge in [-0.2, -0.15) is 0 Å². The first-order valence-corrected chi connectivity index (χ1v) is 13.6. The smallest absolute Gasteiger partial charge is 0.320 e. The molecule has 0 spiro atoms. The third kappa shape index (κ3) is 19.4. The first-order chi connectivity index (χ1) is 15.5. The summed E-state index contributed by atoms with van der Waals surface area (Å²) in [5.74, 6) is -0.767. The van der Waals surface area contributed by atoms with Crippen LogP contribution < -0.4 is 11.1 Å². The van der Waals surface area contributed by atoms with Gasteiger partial charge in [0.25, 0.3) is 0 Å². The molecule has 0 amide bonds. The lowest BCUT2D eigenvalue weighted by molar-refractivity contribution is -0.143. The number of aliphatic carboxylic acids is 1. The molecule has 0 heterocycles. The molecule has 0 aromatic rings. The second-order valence-electron chi connectivity index (χ2n) is 9.32. The SMILES string of the molecule is CCCCCCCCCCCCN(CCCCCCCC)C(CCCNC(=N)N)C(=O)O. The highest BCUT2D eigenvalue weighted by molar-refractivity contribution is 5.74. The van der Waals surface area contributed by atoms with E-state index < -0.39 is 12.0 Å². The summed E-state index contributed by atoms with van der Waals surface area (Å²) in [6.45, 7) is 6.80. The molecule has 1 unspecified atom stereocenters. The molecule has 190 valence electrons. The zero-order chi connectivity index (χ0) is 23.9. The van der Waals surface area contributed by atoms with Gasteiger partial charge in [0.1, 0.15) is 6.04 Å². The van der Waals surface area contributed by atoms with Crippen LogP contribution in [-0.4, -0.2) is 47.6 Å². The summed E-state index contributed by atoms with van der Waals surface area (Å²) < 4.78 is 0. The minimum absolute atomic E-state index is 0.0498. The van der Waals surface area contributed by atoms with E-state index in [9.17, 15) is 9.90 Å². The van der Waals surface area contributed by atoms with Gasteiger partial charge in [0, 0.05) is 6.54 Å². The molecular formula is C26H54N4O2. The summed E-state index contributed by atoms with van der Waals surface area (Å²) in [7, 11) is 0. The van der Waals surface area contributed by atoms with E-state index in [0.717, 1.165) is 25.9 Å². The number of guanidine groups is 1. The van der Waals surface area contributed by atoms with Gasteiger partial charge in [-0.1, -0.05) is 104 Å². The number of hydrogen-bond acceptors (Lipinski definition) is 3. The summed E-state index contributed by atoms with van der Waals surface area (Å²) in [5, 5.41) is 19.9. The molecule has 0 saturated carbocycles. The normalized spacial score (nSPS) is 12.2. The molecule has 32 heavy (non-hydrogen) atoms. The second kappa shape index (κ2) is 22.9. The standard InChI is InChI=1S/C26H54N4O2/c1-3-5-7-9-11-12-13-14-16-18-23-30(22-17-15-10-8-6-4-2)24(25(31)32)20-19-21-29-26(27)28/h24H,3-23H2,1-2H3,(H,31,32)(H4,27,28,29). The molecule has 0 fully saturated rings. The Hall–Kier alpha value is -1.30. The van der Waals surface area contributed by atoms with Gasteiger partial charge >= 0.3 is 5.97 Å². The predicted octanol–water partition coefficient (Wildman–Crippen LogP) is 6.29. The minimum atomic E-state index is -0.717. The Bertz CT molecular complexity index is 446. The second-order valence-corrected chi connectivity index (χ2v) is 9.32. The third-order valence-electron chi connectivity index (χ3n) is 6.29. The van der Waals surface area contributed by atoms with E-state index in [-0.39, 0.29) is 5.96 Å². The number of nitrogens with one attached hydrogen (secondary N) is 2. The average molecular weight is 455 g/mol. The third-order valence-corrected chi connectivity index (χ3v) is 6.29. The number of carbonyl (C=O) groups is 1. The molecule has 0 aliphatic rings. The van der Waals surface area contributed by atoms with E-state index in [1.54, 1.807) is 0 Å². The molecule has 5 N–H and O–H groups in total. The highest BCUT2D eigenvalue weighted by atomic mass is 16.4. The molecule has 0 bridgehead atoms.